The lowest BCUT2D eigenvalue weighted by Gasteiger charge is -2.19. The number of aromatic nitrogens is 5. The molecule has 138 valence electrons. The zero-order valence-corrected chi connectivity index (χ0v) is 15.8. The number of rotatable bonds is 3. The summed E-state index contributed by atoms with van der Waals surface area (Å²) in [4.78, 5) is 4.55. The Morgan fingerprint density at radius 1 is 1.00 bits per heavy atom. The summed E-state index contributed by atoms with van der Waals surface area (Å²) in [5.74, 6) is 0.446. The minimum Gasteiger partial charge on any atom is -0.448 e. The summed E-state index contributed by atoms with van der Waals surface area (Å²) in [7, 11) is 0. The summed E-state index contributed by atoms with van der Waals surface area (Å²) in [6, 6.07) is 17.9. The molecule has 2 N–H and O–H groups in total. The lowest BCUT2D eigenvalue weighted by Crippen LogP contribution is -2.17. The maximum Gasteiger partial charge on any atom is 0.247 e. The average Bonchev–Trinajstić information content (AvgIpc) is 3.18. The molecule has 5 rings (SSSR count). The third-order valence-electron chi connectivity index (χ3n) is 4.53. The Morgan fingerprint density at radius 3 is 2.68 bits per heavy atom. The first-order valence-corrected chi connectivity index (χ1v) is 9.96. The number of H-pyrrole nitrogens is 1. The Labute approximate surface area is 165 Å². The lowest BCUT2D eigenvalue weighted by molar-refractivity contribution is 0.226. The Bertz CT molecular complexity index is 1130. The fourth-order valence-electron chi connectivity index (χ4n) is 3.20. The number of para-hydroxylation sites is 1. The molecule has 1 aliphatic rings. The van der Waals surface area contributed by atoms with Gasteiger partial charge in [0.2, 0.25) is 17.3 Å². The van der Waals surface area contributed by atoms with Gasteiger partial charge in [-0.25, -0.2) is 0 Å². The molecule has 4 aromatic rings. The Balaban J connectivity index is 1.64. The molecular formula is C20H16N6OS. The highest BCUT2D eigenvalue weighted by Gasteiger charge is 2.28. The number of ether oxygens (including phenoxy) is 1. The number of nitrogens with zero attached hydrogens (tertiary/aromatic N) is 4. The monoisotopic (exact) mass is 388 g/mol. The van der Waals surface area contributed by atoms with Crippen LogP contribution in [0, 0.1) is 0 Å². The average molecular weight is 388 g/mol. The van der Waals surface area contributed by atoms with Gasteiger partial charge in [-0.05, 0) is 12.3 Å². The smallest absolute Gasteiger partial charge is 0.247 e. The molecule has 0 fully saturated rings. The molecule has 1 aliphatic heterocycles. The van der Waals surface area contributed by atoms with E-state index in [-0.39, 0.29) is 0 Å². The van der Waals surface area contributed by atoms with Crippen LogP contribution in [-0.2, 0) is 0 Å². The van der Waals surface area contributed by atoms with Gasteiger partial charge in [0.1, 0.15) is 0 Å². The summed E-state index contributed by atoms with van der Waals surface area (Å²) in [6.07, 6.45) is 3.20. The molecule has 0 bridgehead atoms. The van der Waals surface area contributed by atoms with Gasteiger partial charge in [0, 0.05) is 16.8 Å². The predicted octanol–water partition coefficient (Wildman–Crippen LogP) is 4.15. The van der Waals surface area contributed by atoms with Crippen molar-refractivity contribution in [3.63, 3.8) is 0 Å². The van der Waals surface area contributed by atoms with Crippen molar-refractivity contribution < 1.29 is 4.74 Å². The van der Waals surface area contributed by atoms with E-state index in [1.807, 2.05) is 60.9 Å². The zero-order valence-electron chi connectivity index (χ0n) is 15.0. The Morgan fingerprint density at radius 2 is 1.82 bits per heavy atom. The topological polar surface area (TPSA) is 88.6 Å². The number of hydrogen-bond acceptors (Lipinski definition) is 7. The van der Waals surface area contributed by atoms with E-state index in [4.69, 9.17) is 4.74 Å². The normalized spacial score (nSPS) is 15.0. The first kappa shape index (κ1) is 16.8. The van der Waals surface area contributed by atoms with Crippen LogP contribution in [0.5, 0.6) is 5.88 Å². The molecule has 0 amide bonds. The molecule has 2 aromatic carbocycles. The maximum atomic E-state index is 6.29. The molecule has 0 unspecified atom stereocenters. The molecule has 1 atom stereocenters. The van der Waals surface area contributed by atoms with E-state index >= 15 is 0 Å². The van der Waals surface area contributed by atoms with Crippen LogP contribution in [0.15, 0.2) is 66.0 Å². The fourth-order valence-corrected chi connectivity index (χ4v) is 3.50. The summed E-state index contributed by atoms with van der Waals surface area (Å²) >= 11 is 1.42. The van der Waals surface area contributed by atoms with E-state index in [1.165, 1.54) is 11.8 Å². The highest BCUT2D eigenvalue weighted by Crippen LogP contribution is 2.40. The number of thioether (sulfide) groups is 1. The van der Waals surface area contributed by atoms with E-state index in [9.17, 15) is 0 Å². The zero-order chi connectivity index (χ0) is 18.9. The van der Waals surface area contributed by atoms with Crippen molar-refractivity contribution in [2.24, 2.45) is 0 Å². The number of aromatic amines is 1. The van der Waals surface area contributed by atoms with E-state index in [0.29, 0.717) is 16.7 Å². The van der Waals surface area contributed by atoms with Crippen LogP contribution in [0.4, 0.5) is 5.69 Å². The summed E-state index contributed by atoms with van der Waals surface area (Å²) in [5, 5.41) is 19.9. The molecule has 0 radical (unpaired) electrons. The Kier molecular flexibility index (Phi) is 4.17. The second kappa shape index (κ2) is 6.97. The molecule has 0 saturated carbocycles. The summed E-state index contributed by atoms with van der Waals surface area (Å²) in [6.45, 7) is 0. The van der Waals surface area contributed by atoms with Gasteiger partial charge in [-0.3, -0.25) is 5.10 Å². The largest absolute Gasteiger partial charge is 0.448 e. The van der Waals surface area contributed by atoms with Crippen molar-refractivity contribution in [3.05, 3.63) is 66.4 Å². The molecule has 0 spiro atoms. The standard InChI is InChI=1S/C20H16N6OS/c1-28-20-23-19-17(25-26-20)13-9-5-6-10-15(13)22-18(27-19)14-11-21-24-16(14)12-7-3-2-4-8-12/h2-11,18,22H,1H3,(H,21,24)/t18-/m1/s1. The molecule has 2 aromatic heterocycles. The molecule has 28 heavy (non-hydrogen) atoms. The summed E-state index contributed by atoms with van der Waals surface area (Å²) in [5.41, 5.74) is 5.23. The van der Waals surface area contributed by atoms with Crippen molar-refractivity contribution in [3.8, 4) is 28.4 Å². The highest BCUT2D eigenvalue weighted by atomic mass is 32.2. The molecule has 8 heteroatoms. The minimum absolute atomic E-state index is 0.446. The quantitative estimate of drug-likeness (QED) is 0.510. The van der Waals surface area contributed by atoms with Gasteiger partial charge in [0.05, 0.1) is 17.5 Å². The second-order valence-electron chi connectivity index (χ2n) is 6.21. The van der Waals surface area contributed by atoms with Crippen molar-refractivity contribution in [1.82, 2.24) is 25.4 Å². The van der Waals surface area contributed by atoms with Gasteiger partial charge in [-0.15, -0.1) is 10.2 Å². The van der Waals surface area contributed by atoms with Gasteiger partial charge in [-0.1, -0.05) is 60.3 Å². The van der Waals surface area contributed by atoms with Crippen LogP contribution in [0.1, 0.15) is 11.8 Å². The predicted molar refractivity (Wildman–Crippen MR) is 108 cm³/mol. The SMILES string of the molecule is CSc1nnc2c(n1)O[C@H](c1cn[nH]c1-c1ccccc1)Nc1ccccc1-2. The van der Waals surface area contributed by atoms with Gasteiger partial charge < -0.3 is 10.1 Å². The molecule has 0 aliphatic carbocycles. The summed E-state index contributed by atoms with van der Waals surface area (Å²) < 4.78 is 6.29. The van der Waals surface area contributed by atoms with Crippen molar-refractivity contribution in [2.45, 2.75) is 11.4 Å². The van der Waals surface area contributed by atoms with Crippen LogP contribution in [0.25, 0.3) is 22.5 Å². The lowest BCUT2D eigenvalue weighted by atomic mass is 10.1. The third-order valence-corrected chi connectivity index (χ3v) is 5.07. The van der Waals surface area contributed by atoms with Gasteiger partial charge in [-0.2, -0.15) is 10.1 Å². The van der Waals surface area contributed by atoms with Crippen LogP contribution in [0.3, 0.4) is 0 Å². The Hall–Kier alpha value is -3.39. The van der Waals surface area contributed by atoms with Gasteiger partial charge in [0.15, 0.2) is 5.69 Å². The minimum atomic E-state index is -0.484. The molecule has 7 nitrogen and oxygen atoms in total. The fraction of sp³-hybridized carbons (Fsp3) is 0.100. The van der Waals surface area contributed by atoms with E-state index < -0.39 is 6.23 Å². The number of benzene rings is 2. The number of nitrogens with one attached hydrogen (secondary N) is 2. The van der Waals surface area contributed by atoms with Gasteiger partial charge >= 0.3 is 0 Å². The first-order chi connectivity index (χ1) is 13.8. The molecule has 0 saturated heterocycles. The van der Waals surface area contributed by atoms with Crippen LogP contribution < -0.4 is 10.1 Å². The van der Waals surface area contributed by atoms with Crippen molar-refractivity contribution in [1.29, 1.82) is 0 Å². The van der Waals surface area contributed by atoms with E-state index in [2.05, 4.69) is 30.7 Å². The van der Waals surface area contributed by atoms with Gasteiger partial charge in [0.25, 0.3) is 0 Å². The highest BCUT2D eigenvalue weighted by molar-refractivity contribution is 7.98. The molecular weight excluding hydrogens is 372 g/mol. The van der Waals surface area contributed by atoms with Crippen LogP contribution >= 0.6 is 11.8 Å². The molecule has 3 heterocycles. The number of anilines is 1. The van der Waals surface area contributed by atoms with E-state index in [0.717, 1.165) is 28.1 Å². The third kappa shape index (κ3) is 2.87. The van der Waals surface area contributed by atoms with Crippen molar-refractivity contribution >= 4 is 17.4 Å². The van der Waals surface area contributed by atoms with E-state index in [1.54, 1.807) is 6.20 Å². The van der Waals surface area contributed by atoms with Crippen LogP contribution in [0.2, 0.25) is 0 Å². The number of hydrogen-bond donors (Lipinski definition) is 2. The van der Waals surface area contributed by atoms with Crippen LogP contribution in [-0.4, -0.2) is 31.6 Å². The second-order valence-corrected chi connectivity index (χ2v) is 6.98. The maximum absolute atomic E-state index is 6.29. The first-order valence-electron chi connectivity index (χ1n) is 8.73. The van der Waals surface area contributed by atoms with Crippen molar-refractivity contribution in [2.75, 3.05) is 11.6 Å². The number of fused-ring (bicyclic) bond motifs is 3.